The number of halogens is 1. The van der Waals surface area contributed by atoms with Crippen molar-refractivity contribution in [1.29, 1.82) is 0 Å². The summed E-state index contributed by atoms with van der Waals surface area (Å²) in [5, 5.41) is 0.633. The van der Waals surface area contributed by atoms with Gasteiger partial charge in [0.15, 0.2) is 5.65 Å². The topological polar surface area (TPSA) is 54.0 Å². The van der Waals surface area contributed by atoms with Gasteiger partial charge in [0.1, 0.15) is 17.4 Å². The Kier molecular flexibility index (Phi) is 3.43. The van der Waals surface area contributed by atoms with Gasteiger partial charge in [-0.05, 0) is 30.3 Å². The van der Waals surface area contributed by atoms with E-state index in [4.69, 9.17) is 16.3 Å². The number of hydrogen-bond acceptors (Lipinski definition) is 4. The number of aromatic nitrogens is 3. The van der Waals surface area contributed by atoms with E-state index in [0.717, 1.165) is 16.9 Å². The number of benzene rings is 1. The highest BCUT2D eigenvalue weighted by atomic mass is 35.5. The van der Waals surface area contributed by atoms with Gasteiger partial charge in [0, 0.05) is 19.1 Å². The fraction of sp³-hybridized carbons (Fsp3) is 0.200. The minimum atomic E-state index is 0.633. The third kappa shape index (κ3) is 2.52. The molecule has 6 heteroatoms. The first-order valence-corrected chi connectivity index (χ1v) is 6.84. The summed E-state index contributed by atoms with van der Waals surface area (Å²) in [6, 6.07) is 9.34. The zero-order valence-corrected chi connectivity index (χ0v) is 12.8. The molecule has 2 aromatic heterocycles. The van der Waals surface area contributed by atoms with Crippen molar-refractivity contribution in [2.75, 3.05) is 26.1 Å². The molecule has 0 atom stereocenters. The molecule has 3 aromatic rings. The number of nitrogens with one attached hydrogen (secondary N) is 1. The third-order valence-corrected chi connectivity index (χ3v) is 3.44. The van der Waals surface area contributed by atoms with Gasteiger partial charge in [-0.1, -0.05) is 11.6 Å². The van der Waals surface area contributed by atoms with E-state index < -0.39 is 0 Å². The van der Waals surface area contributed by atoms with Gasteiger partial charge in [0.25, 0.3) is 0 Å². The Bertz CT molecular complexity index is 797. The summed E-state index contributed by atoms with van der Waals surface area (Å²) in [7, 11) is 5.52. The van der Waals surface area contributed by atoms with Crippen molar-refractivity contribution in [2.45, 2.75) is 0 Å². The van der Waals surface area contributed by atoms with Crippen molar-refractivity contribution in [3.8, 4) is 17.1 Å². The van der Waals surface area contributed by atoms with Crippen LogP contribution in [-0.4, -0.2) is 36.2 Å². The average molecular weight is 303 g/mol. The molecule has 0 radical (unpaired) electrons. The van der Waals surface area contributed by atoms with Crippen LogP contribution in [0.15, 0.2) is 30.3 Å². The number of hydrogen-bond donors (Lipinski definition) is 1. The van der Waals surface area contributed by atoms with Crippen LogP contribution in [0.4, 0.5) is 5.82 Å². The van der Waals surface area contributed by atoms with Crippen molar-refractivity contribution in [3.05, 3.63) is 35.4 Å². The van der Waals surface area contributed by atoms with E-state index in [1.165, 1.54) is 0 Å². The Morgan fingerprint density at radius 3 is 2.67 bits per heavy atom. The first-order valence-electron chi connectivity index (χ1n) is 6.46. The number of methoxy groups -OCH3 is 1. The molecule has 0 aliphatic carbocycles. The van der Waals surface area contributed by atoms with E-state index in [0.29, 0.717) is 22.2 Å². The number of nitrogens with zero attached hydrogens (tertiary/aromatic N) is 3. The maximum Gasteiger partial charge on any atom is 0.180 e. The molecule has 0 saturated carbocycles. The molecule has 21 heavy (non-hydrogen) atoms. The fourth-order valence-corrected chi connectivity index (χ4v) is 2.30. The summed E-state index contributed by atoms with van der Waals surface area (Å²) in [4.78, 5) is 14.2. The SMILES string of the molecule is COc1ccc(Cl)cc1-c1nc2nc(N(C)C)ccc2[nH]1. The summed E-state index contributed by atoms with van der Waals surface area (Å²) < 4.78 is 5.37. The second-order valence-corrected chi connectivity index (χ2v) is 5.30. The molecular formula is C15H15ClN4O. The molecule has 0 bridgehead atoms. The van der Waals surface area contributed by atoms with Crippen molar-refractivity contribution in [3.63, 3.8) is 0 Å². The third-order valence-electron chi connectivity index (χ3n) is 3.21. The predicted molar refractivity (Wildman–Crippen MR) is 85.2 cm³/mol. The average Bonchev–Trinajstić information content (AvgIpc) is 2.89. The number of H-pyrrole nitrogens is 1. The summed E-state index contributed by atoms with van der Waals surface area (Å²) in [6.45, 7) is 0. The van der Waals surface area contributed by atoms with Crippen molar-refractivity contribution < 1.29 is 4.74 Å². The summed E-state index contributed by atoms with van der Waals surface area (Å²) in [6.07, 6.45) is 0. The molecule has 0 amide bonds. The molecule has 0 fully saturated rings. The standard InChI is InChI=1S/C15H15ClN4O/c1-20(2)13-7-5-11-15(18-13)19-14(17-11)10-8-9(16)4-6-12(10)21-3/h4-8H,1-3H3,(H,17,18,19). The van der Waals surface area contributed by atoms with Gasteiger partial charge in [0.2, 0.25) is 0 Å². The van der Waals surface area contributed by atoms with Crippen LogP contribution in [0.2, 0.25) is 5.02 Å². The highest BCUT2D eigenvalue weighted by molar-refractivity contribution is 6.30. The highest BCUT2D eigenvalue weighted by Gasteiger charge is 2.12. The predicted octanol–water partition coefficient (Wildman–Crippen LogP) is 3.35. The van der Waals surface area contributed by atoms with Crippen molar-refractivity contribution in [2.24, 2.45) is 0 Å². The van der Waals surface area contributed by atoms with Crippen molar-refractivity contribution >= 4 is 28.6 Å². The molecule has 0 spiro atoms. The number of aromatic amines is 1. The van der Waals surface area contributed by atoms with E-state index in [-0.39, 0.29) is 0 Å². The molecule has 1 aromatic carbocycles. The molecular weight excluding hydrogens is 288 g/mol. The first-order chi connectivity index (χ1) is 10.1. The summed E-state index contributed by atoms with van der Waals surface area (Å²) in [5.41, 5.74) is 2.35. The molecule has 5 nitrogen and oxygen atoms in total. The molecule has 0 unspecified atom stereocenters. The lowest BCUT2D eigenvalue weighted by Gasteiger charge is -2.09. The molecule has 3 rings (SSSR count). The Labute approximate surface area is 127 Å². The van der Waals surface area contributed by atoms with Crippen LogP contribution in [0.25, 0.3) is 22.6 Å². The minimum Gasteiger partial charge on any atom is -0.496 e. The summed E-state index contributed by atoms with van der Waals surface area (Å²) in [5.74, 6) is 2.26. The van der Waals surface area contributed by atoms with Gasteiger partial charge in [0.05, 0.1) is 18.2 Å². The van der Waals surface area contributed by atoms with Crippen LogP contribution in [0.1, 0.15) is 0 Å². The van der Waals surface area contributed by atoms with Crippen LogP contribution >= 0.6 is 11.6 Å². The largest absolute Gasteiger partial charge is 0.496 e. The van der Waals surface area contributed by atoms with Gasteiger partial charge in [-0.15, -0.1) is 0 Å². The maximum absolute atomic E-state index is 6.07. The van der Waals surface area contributed by atoms with E-state index in [9.17, 15) is 0 Å². The monoisotopic (exact) mass is 302 g/mol. The minimum absolute atomic E-state index is 0.633. The fourth-order valence-electron chi connectivity index (χ4n) is 2.12. The molecule has 0 saturated heterocycles. The summed E-state index contributed by atoms with van der Waals surface area (Å²) >= 11 is 6.07. The van der Waals surface area contributed by atoms with Gasteiger partial charge in [-0.25, -0.2) is 9.97 Å². The molecule has 2 heterocycles. The number of anilines is 1. The Morgan fingerprint density at radius 2 is 1.95 bits per heavy atom. The molecule has 108 valence electrons. The Hall–Kier alpha value is -2.27. The van der Waals surface area contributed by atoms with E-state index >= 15 is 0 Å². The number of rotatable bonds is 3. The van der Waals surface area contributed by atoms with Crippen LogP contribution in [-0.2, 0) is 0 Å². The van der Waals surface area contributed by atoms with Crippen LogP contribution in [0.3, 0.4) is 0 Å². The van der Waals surface area contributed by atoms with Crippen molar-refractivity contribution in [1.82, 2.24) is 15.0 Å². The van der Waals surface area contributed by atoms with Gasteiger partial charge < -0.3 is 14.6 Å². The zero-order chi connectivity index (χ0) is 15.0. The molecule has 1 N–H and O–H groups in total. The van der Waals surface area contributed by atoms with Crippen LogP contribution in [0, 0.1) is 0 Å². The molecule has 0 aliphatic heterocycles. The lowest BCUT2D eigenvalue weighted by molar-refractivity contribution is 0.416. The Morgan fingerprint density at radius 1 is 1.14 bits per heavy atom. The number of fused-ring (bicyclic) bond motifs is 1. The van der Waals surface area contributed by atoms with Gasteiger partial charge >= 0.3 is 0 Å². The quantitative estimate of drug-likeness (QED) is 0.806. The smallest absolute Gasteiger partial charge is 0.180 e. The lowest BCUT2D eigenvalue weighted by atomic mass is 10.2. The van der Waals surface area contributed by atoms with Crippen LogP contribution < -0.4 is 9.64 Å². The number of imidazole rings is 1. The van der Waals surface area contributed by atoms with E-state index in [1.807, 2.05) is 43.3 Å². The van der Waals surface area contributed by atoms with Crippen LogP contribution in [0.5, 0.6) is 5.75 Å². The second kappa shape index (κ2) is 5.26. The van der Waals surface area contributed by atoms with E-state index in [1.54, 1.807) is 13.2 Å². The highest BCUT2D eigenvalue weighted by Crippen LogP contribution is 2.31. The van der Waals surface area contributed by atoms with E-state index in [2.05, 4.69) is 15.0 Å². The van der Waals surface area contributed by atoms with Gasteiger partial charge in [-0.2, -0.15) is 0 Å². The zero-order valence-electron chi connectivity index (χ0n) is 12.0. The Balaban J connectivity index is 2.15. The number of pyridine rings is 1. The lowest BCUT2D eigenvalue weighted by Crippen LogP contribution is -2.10. The second-order valence-electron chi connectivity index (χ2n) is 4.87. The molecule has 0 aliphatic rings. The maximum atomic E-state index is 6.07. The van der Waals surface area contributed by atoms with Gasteiger partial charge in [-0.3, -0.25) is 0 Å². The number of ether oxygens (including phenoxy) is 1. The normalized spacial score (nSPS) is 10.9. The first kappa shape index (κ1) is 13.7.